The Morgan fingerprint density at radius 2 is 1.00 bits per heavy atom. The maximum absolute atomic E-state index is 12.2. The van der Waals surface area contributed by atoms with E-state index in [1.54, 1.807) is 27.7 Å². The minimum absolute atomic E-state index is 0.00637. The highest BCUT2D eigenvalue weighted by Gasteiger charge is 2.36. The topological polar surface area (TPSA) is 203 Å². The van der Waals surface area contributed by atoms with E-state index >= 15 is 0 Å². The summed E-state index contributed by atoms with van der Waals surface area (Å²) in [6.07, 6.45) is -2.43. The molecule has 12 heteroatoms. The minimum Gasteiger partial charge on any atom is -0.481 e. The SMILES string of the molecule is CC(C)(CO)C(O)C(=O)NC[C@@H](CC1c2ccccc2-c2ccccc21)C(=O)O.CC(C)(CO)[C@@H](O)C(=O)NCCC(=O)OCC1c2ccccc2-c2ccccc21. The maximum Gasteiger partial charge on any atom is 0.308 e. The largest absolute Gasteiger partial charge is 0.481 e. The Kier molecular flexibility index (Phi) is 14.2. The number of carbonyl (C=O) groups is 4. The zero-order valence-corrected chi connectivity index (χ0v) is 33.4. The molecule has 58 heavy (non-hydrogen) atoms. The normalized spacial score (nSPS) is 14.7. The number of carboxylic acids is 1. The summed E-state index contributed by atoms with van der Waals surface area (Å²) in [6, 6.07) is 32.2. The number of fused-ring (bicyclic) bond motifs is 6. The molecule has 0 spiro atoms. The summed E-state index contributed by atoms with van der Waals surface area (Å²) in [6.45, 7) is 5.83. The van der Waals surface area contributed by atoms with E-state index in [9.17, 15) is 44.7 Å². The Morgan fingerprint density at radius 1 is 0.621 bits per heavy atom. The van der Waals surface area contributed by atoms with Gasteiger partial charge in [-0.25, -0.2) is 0 Å². The molecule has 0 radical (unpaired) electrons. The molecule has 3 atom stereocenters. The fourth-order valence-electron chi connectivity index (χ4n) is 7.35. The predicted octanol–water partition coefficient (Wildman–Crippen LogP) is 4.61. The molecule has 12 nitrogen and oxygen atoms in total. The smallest absolute Gasteiger partial charge is 0.308 e. The quantitative estimate of drug-likeness (QED) is 0.0786. The first kappa shape index (κ1) is 43.7. The number of amides is 2. The molecule has 0 saturated heterocycles. The van der Waals surface area contributed by atoms with Gasteiger partial charge < -0.3 is 40.9 Å². The molecule has 2 aliphatic rings. The predicted molar refractivity (Wildman–Crippen MR) is 219 cm³/mol. The standard InChI is InChI=1S/2C23H27NO5/c1-23(2,13-25)20(26)21(27)24-12-14(22(28)29)11-19-17-9-5-3-7-15(17)16-8-4-6-10-18(16)19;1-23(2,14-25)21(27)22(28)24-12-11-20(26)29-13-19-17-9-5-3-7-15(17)16-8-4-6-10-18(16)19/h3-10,14,19-20,25-26H,11-13H2,1-2H3,(H,24,27)(H,28,29);3-10,19,21,25,27H,11-14H2,1-2H3,(H,24,28)/t14-,20?;21-/m10/s1. The van der Waals surface area contributed by atoms with Crippen molar-refractivity contribution < 1.29 is 49.4 Å². The highest BCUT2D eigenvalue weighted by molar-refractivity contribution is 5.83. The molecular formula is C46H54N2O10. The number of aliphatic hydroxyl groups excluding tert-OH is 4. The lowest BCUT2D eigenvalue weighted by Gasteiger charge is -2.28. The van der Waals surface area contributed by atoms with Gasteiger partial charge in [0, 0.05) is 35.8 Å². The highest BCUT2D eigenvalue weighted by atomic mass is 16.5. The van der Waals surface area contributed by atoms with Gasteiger partial charge in [0.25, 0.3) is 0 Å². The molecule has 0 saturated carbocycles. The maximum atomic E-state index is 12.2. The Morgan fingerprint density at radius 3 is 1.40 bits per heavy atom. The molecular weight excluding hydrogens is 741 g/mol. The molecule has 0 bridgehead atoms. The van der Waals surface area contributed by atoms with Crippen molar-refractivity contribution in [1.82, 2.24) is 10.6 Å². The third kappa shape index (κ3) is 9.82. The Hall–Kier alpha value is -5.40. The molecule has 0 aromatic heterocycles. The number of carboxylic acid groups (broad SMARTS) is 1. The minimum atomic E-state index is -1.42. The van der Waals surface area contributed by atoms with Gasteiger partial charge in [0.15, 0.2) is 0 Å². The van der Waals surface area contributed by atoms with Crippen LogP contribution < -0.4 is 10.6 Å². The van der Waals surface area contributed by atoms with Gasteiger partial charge in [-0.2, -0.15) is 0 Å². The van der Waals surface area contributed by atoms with Gasteiger partial charge in [0.2, 0.25) is 11.8 Å². The number of esters is 1. The number of benzene rings is 4. The summed E-state index contributed by atoms with van der Waals surface area (Å²) in [5, 5.41) is 53.4. The molecule has 0 fully saturated rings. The van der Waals surface area contributed by atoms with Gasteiger partial charge in [-0.3, -0.25) is 19.2 Å². The van der Waals surface area contributed by atoms with Crippen LogP contribution in [0.25, 0.3) is 22.3 Å². The molecule has 6 rings (SSSR count). The average Bonchev–Trinajstić information content (AvgIpc) is 3.72. The van der Waals surface area contributed by atoms with Crippen LogP contribution in [0.4, 0.5) is 0 Å². The van der Waals surface area contributed by atoms with E-state index in [0.29, 0.717) is 6.42 Å². The van der Waals surface area contributed by atoms with Gasteiger partial charge >= 0.3 is 11.9 Å². The average molecular weight is 795 g/mol. The van der Waals surface area contributed by atoms with Crippen molar-refractivity contribution in [2.45, 2.75) is 64.6 Å². The zero-order valence-electron chi connectivity index (χ0n) is 33.4. The third-order valence-electron chi connectivity index (χ3n) is 11.1. The number of hydrogen-bond acceptors (Lipinski definition) is 9. The van der Waals surface area contributed by atoms with Gasteiger partial charge in [0.05, 0.1) is 25.6 Å². The van der Waals surface area contributed by atoms with Crippen LogP contribution in [0.5, 0.6) is 0 Å². The summed E-state index contributed by atoms with van der Waals surface area (Å²) in [5.41, 5.74) is 7.06. The van der Waals surface area contributed by atoms with Crippen molar-refractivity contribution in [2.75, 3.05) is 32.9 Å². The fourth-order valence-corrected chi connectivity index (χ4v) is 7.35. The molecule has 0 aliphatic heterocycles. The Balaban J connectivity index is 0.000000221. The van der Waals surface area contributed by atoms with Crippen LogP contribution in [0.2, 0.25) is 0 Å². The summed E-state index contributed by atoms with van der Waals surface area (Å²) in [7, 11) is 0. The summed E-state index contributed by atoms with van der Waals surface area (Å²) >= 11 is 0. The van der Waals surface area contributed by atoms with Crippen molar-refractivity contribution >= 4 is 23.8 Å². The van der Waals surface area contributed by atoms with Crippen LogP contribution in [0.3, 0.4) is 0 Å². The number of carbonyl (C=O) groups excluding carboxylic acids is 3. The lowest BCUT2D eigenvalue weighted by atomic mass is 9.86. The van der Waals surface area contributed by atoms with Gasteiger partial charge in [-0.15, -0.1) is 0 Å². The van der Waals surface area contributed by atoms with Crippen molar-refractivity contribution in [1.29, 1.82) is 0 Å². The number of aliphatic carboxylic acids is 1. The lowest BCUT2D eigenvalue weighted by Crippen LogP contribution is -2.47. The van der Waals surface area contributed by atoms with Gasteiger partial charge in [-0.05, 0) is 50.9 Å². The van der Waals surface area contributed by atoms with E-state index in [-0.39, 0.29) is 51.2 Å². The molecule has 7 N–H and O–H groups in total. The molecule has 2 amide bonds. The lowest BCUT2D eigenvalue weighted by molar-refractivity contribution is -0.145. The second-order valence-corrected chi connectivity index (χ2v) is 16.3. The van der Waals surface area contributed by atoms with Crippen LogP contribution >= 0.6 is 0 Å². The van der Waals surface area contributed by atoms with E-state index in [2.05, 4.69) is 34.9 Å². The van der Waals surface area contributed by atoms with E-state index in [4.69, 9.17) is 4.74 Å². The van der Waals surface area contributed by atoms with E-state index in [0.717, 1.165) is 44.5 Å². The number of ether oxygens (including phenoxy) is 1. The van der Waals surface area contributed by atoms with Crippen LogP contribution in [0, 0.1) is 16.7 Å². The van der Waals surface area contributed by atoms with Gasteiger partial charge in [-0.1, -0.05) is 125 Å². The van der Waals surface area contributed by atoms with Crippen LogP contribution in [-0.4, -0.2) is 94.4 Å². The number of aliphatic hydroxyl groups is 4. The van der Waals surface area contributed by atoms with E-state index in [1.165, 1.54) is 0 Å². The second kappa shape index (κ2) is 18.9. The molecule has 4 aromatic rings. The molecule has 1 unspecified atom stereocenters. The van der Waals surface area contributed by atoms with Crippen LogP contribution in [-0.2, 0) is 23.9 Å². The fraction of sp³-hybridized carbons (Fsp3) is 0.391. The molecule has 2 aliphatic carbocycles. The summed E-state index contributed by atoms with van der Waals surface area (Å²) in [5.74, 6) is -3.59. The van der Waals surface area contributed by atoms with E-state index in [1.807, 2.05) is 72.8 Å². The zero-order chi connectivity index (χ0) is 42.2. The second-order valence-electron chi connectivity index (χ2n) is 16.3. The summed E-state index contributed by atoms with van der Waals surface area (Å²) < 4.78 is 5.48. The van der Waals surface area contributed by atoms with Gasteiger partial charge in [0.1, 0.15) is 18.8 Å². The molecule has 308 valence electrons. The van der Waals surface area contributed by atoms with Crippen LogP contribution in [0.15, 0.2) is 97.1 Å². The first-order valence-corrected chi connectivity index (χ1v) is 19.5. The first-order chi connectivity index (χ1) is 27.6. The van der Waals surface area contributed by atoms with E-state index < -0.39 is 52.7 Å². The Bertz CT molecular complexity index is 2000. The monoisotopic (exact) mass is 794 g/mol. The third-order valence-corrected chi connectivity index (χ3v) is 11.1. The van der Waals surface area contributed by atoms with Crippen molar-refractivity contribution in [3.05, 3.63) is 119 Å². The molecule has 4 aromatic carbocycles. The van der Waals surface area contributed by atoms with Crippen molar-refractivity contribution in [3.8, 4) is 22.3 Å². The van der Waals surface area contributed by atoms with Crippen LogP contribution in [0.1, 0.15) is 74.6 Å². The van der Waals surface area contributed by atoms with Crippen molar-refractivity contribution in [2.24, 2.45) is 16.7 Å². The highest BCUT2D eigenvalue weighted by Crippen LogP contribution is 2.47. The van der Waals surface area contributed by atoms with Crippen molar-refractivity contribution in [3.63, 3.8) is 0 Å². The number of rotatable bonds is 16. The Labute approximate surface area is 338 Å². The number of nitrogens with one attached hydrogen (secondary N) is 2. The first-order valence-electron chi connectivity index (χ1n) is 19.5. The molecule has 0 heterocycles. The summed E-state index contributed by atoms with van der Waals surface area (Å²) in [4.78, 5) is 48.2. The number of hydrogen-bond donors (Lipinski definition) is 7.